The molecule has 0 radical (unpaired) electrons. The standard InChI is InChI=1S/C21H20O/c1-17(22)21(18-11-5-2-6-12-18,19-13-7-3-8-14-19)20-15-9-4-10-16-20/h2-17,22H,1H3/t17-/m1/s1. The van der Waals surface area contributed by atoms with Crippen LogP contribution in [-0.4, -0.2) is 11.2 Å². The van der Waals surface area contributed by atoms with Gasteiger partial charge in [0.2, 0.25) is 0 Å². The maximum Gasteiger partial charge on any atom is 0.0707 e. The summed E-state index contributed by atoms with van der Waals surface area (Å²) in [5.41, 5.74) is 2.73. The first kappa shape index (κ1) is 14.6. The Balaban J connectivity index is 2.34. The van der Waals surface area contributed by atoms with E-state index >= 15 is 0 Å². The van der Waals surface area contributed by atoms with Crippen LogP contribution in [0.15, 0.2) is 91.0 Å². The van der Waals surface area contributed by atoms with E-state index in [1.54, 1.807) is 0 Å². The molecule has 0 spiro atoms. The summed E-state index contributed by atoms with van der Waals surface area (Å²) in [6.07, 6.45) is -0.556. The minimum absolute atomic E-state index is 0.556. The molecule has 0 saturated carbocycles. The molecule has 3 rings (SSSR count). The topological polar surface area (TPSA) is 20.2 Å². The van der Waals surface area contributed by atoms with Crippen molar-refractivity contribution in [2.45, 2.75) is 18.4 Å². The van der Waals surface area contributed by atoms with Crippen molar-refractivity contribution in [1.29, 1.82) is 0 Å². The number of rotatable bonds is 4. The van der Waals surface area contributed by atoms with Gasteiger partial charge in [0.05, 0.1) is 11.5 Å². The minimum Gasteiger partial charge on any atom is -0.392 e. The molecule has 3 aromatic carbocycles. The molecule has 0 saturated heterocycles. The summed E-state index contributed by atoms with van der Waals surface area (Å²) in [6, 6.07) is 30.7. The Morgan fingerprint density at radius 2 is 0.864 bits per heavy atom. The molecule has 0 bridgehead atoms. The Bertz CT molecular complexity index is 606. The third-order valence-corrected chi connectivity index (χ3v) is 4.31. The van der Waals surface area contributed by atoms with Crippen LogP contribution in [0.2, 0.25) is 0 Å². The Hall–Kier alpha value is -2.38. The molecule has 0 fully saturated rings. The molecular weight excluding hydrogens is 268 g/mol. The van der Waals surface area contributed by atoms with Crippen LogP contribution >= 0.6 is 0 Å². The first-order valence-corrected chi connectivity index (χ1v) is 7.61. The van der Waals surface area contributed by atoms with Crippen LogP contribution in [0.5, 0.6) is 0 Å². The zero-order chi connectivity index (χ0) is 15.4. The highest BCUT2D eigenvalue weighted by molar-refractivity contribution is 5.51. The van der Waals surface area contributed by atoms with Gasteiger partial charge < -0.3 is 5.11 Å². The zero-order valence-corrected chi connectivity index (χ0v) is 12.7. The molecular formula is C21H20O. The average molecular weight is 288 g/mol. The molecule has 1 heteroatoms. The molecule has 0 aliphatic heterocycles. The summed E-state index contributed by atoms with van der Waals surface area (Å²) in [5, 5.41) is 10.8. The molecule has 0 unspecified atom stereocenters. The van der Waals surface area contributed by atoms with E-state index in [0.29, 0.717) is 0 Å². The third-order valence-electron chi connectivity index (χ3n) is 4.31. The number of aliphatic hydroxyl groups excluding tert-OH is 1. The highest BCUT2D eigenvalue weighted by Crippen LogP contribution is 2.41. The summed E-state index contributed by atoms with van der Waals surface area (Å²) in [4.78, 5) is 0. The normalized spacial score (nSPS) is 12.8. The zero-order valence-electron chi connectivity index (χ0n) is 12.7. The Morgan fingerprint density at radius 3 is 1.09 bits per heavy atom. The van der Waals surface area contributed by atoms with Crippen LogP contribution < -0.4 is 0 Å². The van der Waals surface area contributed by atoms with Gasteiger partial charge in [0.15, 0.2) is 0 Å². The SMILES string of the molecule is C[C@@H](O)C(c1ccccc1)(c1ccccc1)c1ccccc1. The molecule has 1 N–H and O–H groups in total. The predicted molar refractivity (Wildman–Crippen MR) is 90.9 cm³/mol. The number of benzene rings is 3. The Kier molecular flexibility index (Phi) is 4.08. The van der Waals surface area contributed by atoms with Gasteiger partial charge in [0.1, 0.15) is 0 Å². The molecule has 3 aromatic rings. The lowest BCUT2D eigenvalue weighted by molar-refractivity contribution is 0.140. The Labute approximate surface area is 131 Å². The van der Waals surface area contributed by atoms with Gasteiger partial charge in [-0.1, -0.05) is 91.0 Å². The van der Waals surface area contributed by atoms with Crippen molar-refractivity contribution in [3.63, 3.8) is 0 Å². The van der Waals surface area contributed by atoms with Gasteiger partial charge in [-0.3, -0.25) is 0 Å². The molecule has 1 nitrogen and oxygen atoms in total. The molecule has 0 aliphatic rings. The summed E-state index contributed by atoms with van der Waals surface area (Å²) in [7, 11) is 0. The van der Waals surface area contributed by atoms with E-state index in [4.69, 9.17) is 0 Å². The summed E-state index contributed by atoms with van der Waals surface area (Å²) < 4.78 is 0. The van der Waals surface area contributed by atoms with Gasteiger partial charge in [-0.25, -0.2) is 0 Å². The monoisotopic (exact) mass is 288 g/mol. The van der Waals surface area contributed by atoms with Gasteiger partial charge >= 0.3 is 0 Å². The summed E-state index contributed by atoms with van der Waals surface area (Å²) >= 11 is 0. The quantitative estimate of drug-likeness (QED) is 0.705. The first-order chi connectivity index (χ1) is 10.8. The van der Waals surface area contributed by atoms with Crippen molar-refractivity contribution >= 4 is 0 Å². The van der Waals surface area contributed by atoms with Crippen LogP contribution in [0.3, 0.4) is 0 Å². The molecule has 0 amide bonds. The molecule has 22 heavy (non-hydrogen) atoms. The van der Waals surface area contributed by atoms with Crippen molar-refractivity contribution in [1.82, 2.24) is 0 Å². The van der Waals surface area contributed by atoms with Crippen LogP contribution in [0.1, 0.15) is 23.6 Å². The fraction of sp³-hybridized carbons (Fsp3) is 0.143. The lowest BCUT2D eigenvalue weighted by Crippen LogP contribution is -2.40. The van der Waals surface area contributed by atoms with Crippen LogP contribution in [0.4, 0.5) is 0 Å². The van der Waals surface area contributed by atoms with Crippen molar-refractivity contribution in [2.24, 2.45) is 0 Å². The molecule has 0 aliphatic carbocycles. The van der Waals surface area contributed by atoms with Gasteiger partial charge in [-0.05, 0) is 23.6 Å². The van der Waals surface area contributed by atoms with E-state index in [-0.39, 0.29) is 0 Å². The van der Waals surface area contributed by atoms with E-state index in [1.807, 2.05) is 61.5 Å². The van der Waals surface area contributed by atoms with Gasteiger partial charge in [-0.2, -0.15) is 0 Å². The highest BCUT2D eigenvalue weighted by Gasteiger charge is 2.40. The largest absolute Gasteiger partial charge is 0.392 e. The number of hydrogen-bond acceptors (Lipinski definition) is 1. The van der Waals surface area contributed by atoms with Gasteiger partial charge in [0, 0.05) is 0 Å². The molecule has 0 aromatic heterocycles. The number of hydrogen-bond donors (Lipinski definition) is 1. The van der Waals surface area contributed by atoms with Gasteiger partial charge in [-0.15, -0.1) is 0 Å². The smallest absolute Gasteiger partial charge is 0.0707 e. The Morgan fingerprint density at radius 1 is 0.591 bits per heavy atom. The van der Waals surface area contributed by atoms with Crippen molar-refractivity contribution < 1.29 is 5.11 Å². The van der Waals surface area contributed by atoms with E-state index in [0.717, 1.165) is 16.7 Å². The van der Waals surface area contributed by atoms with Crippen LogP contribution in [-0.2, 0) is 5.41 Å². The second-order valence-electron chi connectivity index (χ2n) is 5.58. The maximum absolute atomic E-state index is 10.8. The summed E-state index contributed by atoms with van der Waals surface area (Å²) in [6.45, 7) is 1.87. The minimum atomic E-state index is -0.566. The van der Waals surface area contributed by atoms with Crippen LogP contribution in [0.25, 0.3) is 0 Å². The molecule has 110 valence electrons. The average Bonchev–Trinajstić information content (AvgIpc) is 2.58. The first-order valence-electron chi connectivity index (χ1n) is 7.61. The van der Waals surface area contributed by atoms with E-state index in [9.17, 15) is 5.11 Å². The van der Waals surface area contributed by atoms with E-state index in [2.05, 4.69) is 36.4 Å². The summed E-state index contributed by atoms with van der Waals surface area (Å²) in [5.74, 6) is 0. The maximum atomic E-state index is 10.8. The predicted octanol–water partition coefficient (Wildman–Crippen LogP) is 4.40. The van der Waals surface area contributed by atoms with E-state index in [1.165, 1.54) is 0 Å². The van der Waals surface area contributed by atoms with Crippen molar-refractivity contribution in [2.75, 3.05) is 0 Å². The van der Waals surface area contributed by atoms with Crippen molar-refractivity contribution in [3.05, 3.63) is 108 Å². The lowest BCUT2D eigenvalue weighted by atomic mass is 9.66. The number of aliphatic hydroxyl groups is 1. The second kappa shape index (κ2) is 6.17. The van der Waals surface area contributed by atoms with Gasteiger partial charge in [0.25, 0.3) is 0 Å². The third kappa shape index (κ3) is 2.34. The second-order valence-corrected chi connectivity index (χ2v) is 5.58. The van der Waals surface area contributed by atoms with Crippen LogP contribution in [0, 0.1) is 0 Å². The molecule has 0 heterocycles. The molecule has 1 atom stereocenters. The highest BCUT2D eigenvalue weighted by atomic mass is 16.3. The fourth-order valence-corrected chi connectivity index (χ4v) is 3.33. The van der Waals surface area contributed by atoms with Crippen molar-refractivity contribution in [3.8, 4) is 0 Å². The van der Waals surface area contributed by atoms with E-state index < -0.39 is 11.5 Å². The fourth-order valence-electron chi connectivity index (χ4n) is 3.33. The lowest BCUT2D eigenvalue weighted by Gasteiger charge is -2.38.